The molecule has 46 heavy (non-hydrogen) atoms. The molecular weight excluding hydrogens is 624 g/mol. The number of amides is 4. The maximum absolute atomic E-state index is 14.3. The number of ether oxygens (including phenoxy) is 1. The number of nitrogens with zero attached hydrogens (tertiary/aromatic N) is 3. The number of carbonyl (C=O) groups is 4. The van der Waals surface area contributed by atoms with Gasteiger partial charge in [-0.25, -0.2) is 13.2 Å². The number of anilines is 1. The van der Waals surface area contributed by atoms with Gasteiger partial charge >= 0.3 is 12.1 Å². The van der Waals surface area contributed by atoms with Gasteiger partial charge in [0.15, 0.2) is 11.6 Å². The van der Waals surface area contributed by atoms with Crippen LogP contribution in [0.1, 0.15) is 31.2 Å². The van der Waals surface area contributed by atoms with Crippen LogP contribution in [0.4, 0.5) is 32.0 Å². The molecule has 1 spiro atoms. The Kier molecular flexibility index (Phi) is 8.63. The van der Waals surface area contributed by atoms with Crippen LogP contribution in [0.5, 0.6) is 5.75 Å². The lowest BCUT2D eigenvalue weighted by Gasteiger charge is -2.36. The predicted molar refractivity (Wildman–Crippen MR) is 146 cm³/mol. The largest absolute Gasteiger partial charge is 0.473 e. The van der Waals surface area contributed by atoms with E-state index in [9.17, 15) is 50.8 Å². The Morgan fingerprint density at radius 2 is 1.83 bits per heavy atom. The second-order valence-corrected chi connectivity index (χ2v) is 11.6. The molecular formula is C30H27F6N5O5. The molecule has 2 aromatic carbocycles. The summed E-state index contributed by atoms with van der Waals surface area (Å²) in [6.07, 6.45) is -4.74. The molecule has 16 heteroatoms. The second-order valence-electron chi connectivity index (χ2n) is 11.6. The van der Waals surface area contributed by atoms with Crippen molar-refractivity contribution in [2.24, 2.45) is 5.92 Å². The molecule has 3 aliphatic rings. The summed E-state index contributed by atoms with van der Waals surface area (Å²) < 4.78 is 87.0. The Labute approximate surface area is 258 Å². The van der Waals surface area contributed by atoms with Crippen LogP contribution >= 0.6 is 0 Å². The molecule has 2 fully saturated rings. The minimum absolute atomic E-state index is 0.0336. The van der Waals surface area contributed by atoms with Crippen LogP contribution in [0.15, 0.2) is 36.4 Å². The van der Waals surface area contributed by atoms with Crippen molar-refractivity contribution in [2.75, 3.05) is 18.9 Å². The number of nitriles is 1. The van der Waals surface area contributed by atoms with Gasteiger partial charge in [0.05, 0.1) is 12.6 Å². The highest BCUT2D eigenvalue weighted by atomic mass is 19.4. The lowest BCUT2D eigenvalue weighted by Crippen LogP contribution is -2.58. The summed E-state index contributed by atoms with van der Waals surface area (Å²) in [5, 5.41) is 13.9. The van der Waals surface area contributed by atoms with Gasteiger partial charge in [0.25, 0.3) is 5.91 Å². The zero-order chi connectivity index (χ0) is 33.6. The number of nitrogens with one attached hydrogen (secondary N) is 2. The van der Waals surface area contributed by atoms with Crippen LogP contribution in [0.3, 0.4) is 0 Å². The van der Waals surface area contributed by atoms with Gasteiger partial charge in [-0.3, -0.25) is 19.2 Å². The van der Waals surface area contributed by atoms with Gasteiger partial charge in [-0.05, 0) is 30.0 Å². The Balaban J connectivity index is 1.42. The molecule has 2 aliphatic heterocycles. The zero-order valence-corrected chi connectivity index (χ0v) is 24.2. The molecule has 2 aromatic rings. The molecule has 1 saturated carbocycles. The molecule has 2 heterocycles. The van der Waals surface area contributed by atoms with E-state index in [4.69, 9.17) is 4.74 Å². The van der Waals surface area contributed by atoms with E-state index in [2.05, 4.69) is 5.32 Å². The summed E-state index contributed by atoms with van der Waals surface area (Å²) in [5.41, 5.74) is -2.11. The third-order valence-electron chi connectivity index (χ3n) is 8.30. The lowest BCUT2D eigenvalue weighted by molar-refractivity contribution is -0.175. The van der Waals surface area contributed by atoms with Crippen molar-refractivity contribution in [2.45, 2.75) is 62.0 Å². The second kappa shape index (κ2) is 12.2. The van der Waals surface area contributed by atoms with Crippen LogP contribution in [-0.4, -0.2) is 76.9 Å². The monoisotopic (exact) mass is 651 g/mol. The van der Waals surface area contributed by atoms with E-state index in [-0.39, 0.29) is 30.1 Å². The van der Waals surface area contributed by atoms with E-state index < -0.39 is 89.6 Å². The van der Waals surface area contributed by atoms with Crippen molar-refractivity contribution in [1.82, 2.24) is 15.1 Å². The fourth-order valence-electron chi connectivity index (χ4n) is 5.67. The number of rotatable bonds is 8. The molecule has 1 aliphatic carbocycles. The van der Waals surface area contributed by atoms with Crippen molar-refractivity contribution in [3.63, 3.8) is 0 Å². The fraction of sp³-hybridized carbons (Fsp3) is 0.433. The summed E-state index contributed by atoms with van der Waals surface area (Å²) in [4.78, 5) is 54.7. The van der Waals surface area contributed by atoms with Crippen molar-refractivity contribution < 1.29 is 50.3 Å². The van der Waals surface area contributed by atoms with Crippen LogP contribution in [0, 0.1) is 34.7 Å². The number of likely N-dealkylation sites (tertiary alicyclic amines) is 1. The minimum atomic E-state index is -5.34. The number of alkyl halides is 3. The molecule has 244 valence electrons. The Bertz CT molecular complexity index is 1610. The first-order valence-corrected chi connectivity index (χ1v) is 14.2. The number of likely N-dealkylation sites (N-methyl/N-ethyl adjacent to an activating group) is 1. The molecule has 10 nitrogen and oxygen atoms in total. The van der Waals surface area contributed by atoms with Gasteiger partial charge in [0.2, 0.25) is 17.4 Å². The molecule has 0 bridgehead atoms. The van der Waals surface area contributed by atoms with Crippen molar-refractivity contribution in [3.8, 4) is 11.8 Å². The number of benzene rings is 2. The highest BCUT2D eigenvalue weighted by molar-refractivity contribution is 6.02. The number of hydrogen-bond acceptors (Lipinski definition) is 6. The topological polar surface area (TPSA) is 132 Å². The first-order valence-electron chi connectivity index (χ1n) is 14.2. The number of carbonyl (C=O) groups excluding carboxylic acids is 4. The average Bonchev–Trinajstić information content (AvgIpc) is 3.74. The molecule has 0 aromatic heterocycles. The van der Waals surface area contributed by atoms with Crippen LogP contribution < -0.4 is 15.4 Å². The van der Waals surface area contributed by atoms with E-state index in [1.807, 2.05) is 6.07 Å². The number of hydrogen-bond donors (Lipinski definition) is 2. The van der Waals surface area contributed by atoms with Crippen LogP contribution in [0.25, 0.3) is 0 Å². The maximum atomic E-state index is 14.3. The van der Waals surface area contributed by atoms with Crippen molar-refractivity contribution >= 4 is 29.3 Å². The SMILES string of the molecule is CN(C(=O)[C@@H](Cc1ccc(F)cc1)NC(=O)C(F)(F)F)[C@@H](CC1CC1)C(=O)N1C[C@@]2(C[C@H]1C#N)Oc1cc(F)cc(F)c1NC2=O. The van der Waals surface area contributed by atoms with E-state index in [0.717, 1.165) is 28.0 Å². The molecule has 4 amide bonds. The predicted octanol–water partition coefficient (Wildman–Crippen LogP) is 3.21. The summed E-state index contributed by atoms with van der Waals surface area (Å²) in [7, 11) is 1.17. The third kappa shape index (κ3) is 6.58. The van der Waals surface area contributed by atoms with Gasteiger partial charge in [-0.1, -0.05) is 25.0 Å². The zero-order valence-electron chi connectivity index (χ0n) is 24.2. The summed E-state index contributed by atoms with van der Waals surface area (Å²) in [6.45, 7) is -0.541. The normalized spacial score (nSPS) is 21.8. The van der Waals surface area contributed by atoms with Gasteiger partial charge in [-0.15, -0.1) is 0 Å². The van der Waals surface area contributed by atoms with Gasteiger partial charge < -0.3 is 25.2 Å². The van der Waals surface area contributed by atoms with E-state index in [1.165, 1.54) is 19.2 Å². The van der Waals surface area contributed by atoms with Crippen molar-refractivity contribution in [1.29, 1.82) is 5.26 Å². The number of fused-ring (bicyclic) bond motifs is 1. The van der Waals surface area contributed by atoms with E-state index in [0.29, 0.717) is 18.9 Å². The number of halogens is 6. The van der Waals surface area contributed by atoms with Crippen LogP contribution in [-0.2, 0) is 25.6 Å². The maximum Gasteiger partial charge on any atom is 0.471 e. The summed E-state index contributed by atoms with van der Waals surface area (Å²) >= 11 is 0. The summed E-state index contributed by atoms with van der Waals surface area (Å²) in [6, 6.07) is 3.37. The van der Waals surface area contributed by atoms with Crippen molar-refractivity contribution in [3.05, 3.63) is 59.4 Å². The van der Waals surface area contributed by atoms with E-state index in [1.54, 1.807) is 5.32 Å². The Morgan fingerprint density at radius 1 is 1.15 bits per heavy atom. The minimum Gasteiger partial charge on any atom is -0.473 e. The molecule has 0 unspecified atom stereocenters. The van der Waals surface area contributed by atoms with Gasteiger partial charge in [0.1, 0.15) is 35.4 Å². The van der Waals surface area contributed by atoms with Gasteiger partial charge in [0, 0.05) is 32.0 Å². The fourth-order valence-corrected chi connectivity index (χ4v) is 5.67. The summed E-state index contributed by atoms with van der Waals surface area (Å²) in [5.74, 6) is -8.28. The molecule has 1 saturated heterocycles. The van der Waals surface area contributed by atoms with E-state index >= 15 is 0 Å². The molecule has 4 atom stereocenters. The Hall–Kier alpha value is -4.81. The quantitative estimate of drug-likeness (QED) is 0.422. The smallest absolute Gasteiger partial charge is 0.471 e. The molecule has 0 radical (unpaired) electrons. The lowest BCUT2D eigenvalue weighted by atomic mass is 9.97. The standard InChI is InChI=1S/C30H27F6N5O5/c1-40(25(42)21(38-28(45)30(34,35)36)8-15-4-6-17(31)7-5-15)22(9-16-2-3-16)26(43)41-14-29(12-19(41)13-37)27(44)39-24-20(33)10-18(32)11-23(24)46-29/h4-7,10-11,16,19,21-22H,2-3,8-9,12,14H2,1H3,(H,38,45)(H,39,44)/t19-,21+,22-,29+/m0/s1. The van der Waals surface area contributed by atoms with Crippen LogP contribution in [0.2, 0.25) is 0 Å². The molecule has 2 N–H and O–H groups in total. The molecule has 5 rings (SSSR count). The highest BCUT2D eigenvalue weighted by Gasteiger charge is 2.57. The average molecular weight is 652 g/mol. The Morgan fingerprint density at radius 3 is 2.43 bits per heavy atom. The first-order chi connectivity index (χ1) is 21.6. The third-order valence-corrected chi connectivity index (χ3v) is 8.30. The first kappa shape index (κ1) is 32.6. The highest BCUT2D eigenvalue weighted by Crippen LogP contribution is 2.43. The van der Waals surface area contributed by atoms with Gasteiger partial charge in [-0.2, -0.15) is 18.4 Å².